The van der Waals surface area contributed by atoms with Crippen LogP contribution in [0.4, 0.5) is 0 Å². The zero-order chi connectivity index (χ0) is 13.1. The minimum Gasteiger partial charge on any atom is -0.368 e. The molecular formula is C14H20N2OS. The van der Waals surface area contributed by atoms with Gasteiger partial charge in [0.15, 0.2) is 0 Å². The highest BCUT2D eigenvalue weighted by molar-refractivity contribution is 7.99. The minimum atomic E-state index is -0.263. The number of primary amides is 1. The van der Waals surface area contributed by atoms with Crippen LogP contribution in [-0.4, -0.2) is 17.7 Å². The maximum atomic E-state index is 11.5. The first-order valence-corrected chi connectivity index (χ1v) is 7.35. The second-order valence-corrected chi connectivity index (χ2v) is 6.16. The molecule has 1 aliphatic heterocycles. The summed E-state index contributed by atoms with van der Waals surface area (Å²) in [5.74, 6) is 1.03. The molecule has 0 spiro atoms. The number of amides is 1. The van der Waals surface area contributed by atoms with Crippen molar-refractivity contribution in [2.24, 2.45) is 11.7 Å². The average Bonchev–Trinajstić information content (AvgIpc) is 2.35. The summed E-state index contributed by atoms with van der Waals surface area (Å²) in [5.41, 5.74) is 6.76. The summed E-state index contributed by atoms with van der Waals surface area (Å²) in [4.78, 5) is 12.8. The maximum Gasteiger partial charge on any atom is 0.234 e. The topological polar surface area (TPSA) is 55.1 Å². The van der Waals surface area contributed by atoms with Crippen molar-refractivity contribution in [3.8, 4) is 0 Å². The molecule has 0 saturated carbocycles. The van der Waals surface area contributed by atoms with Crippen LogP contribution in [0.25, 0.3) is 0 Å². The number of hydrogen-bond donors (Lipinski definition) is 2. The third kappa shape index (κ3) is 2.87. The molecule has 0 radical (unpaired) electrons. The van der Waals surface area contributed by atoms with E-state index in [0.29, 0.717) is 0 Å². The highest BCUT2D eigenvalue weighted by atomic mass is 32.2. The van der Waals surface area contributed by atoms with Crippen molar-refractivity contribution in [1.29, 1.82) is 0 Å². The van der Waals surface area contributed by atoms with E-state index in [1.54, 1.807) is 0 Å². The van der Waals surface area contributed by atoms with E-state index in [2.05, 4.69) is 23.5 Å². The molecule has 2 rings (SSSR count). The summed E-state index contributed by atoms with van der Waals surface area (Å²) in [6, 6.07) is 8.37. The first-order valence-electron chi connectivity index (χ1n) is 6.36. The molecule has 1 amide bonds. The van der Waals surface area contributed by atoms with Gasteiger partial charge in [0, 0.05) is 10.9 Å². The van der Waals surface area contributed by atoms with E-state index in [0.717, 1.165) is 12.2 Å². The van der Waals surface area contributed by atoms with E-state index in [-0.39, 0.29) is 23.9 Å². The van der Waals surface area contributed by atoms with Gasteiger partial charge in [-0.1, -0.05) is 32.0 Å². The van der Waals surface area contributed by atoms with Crippen LogP contribution in [0.15, 0.2) is 29.2 Å². The molecular weight excluding hydrogens is 244 g/mol. The zero-order valence-corrected chi connectivity index (χ0v) is 11.7. The third-order valence-electron chi connectivity index (χ3n) is 3.31. The molecule has 2 unspecified atom stereocenters. The Hall–Kier alpha value is -1.00. The summed E-state index contributed by atoms with van der Waals surface area (Å²) < 4.78 is 0. The number of thioether (sulfide) groups is 1. The number of carbonyl (C=O) groups excluding carboxylic acids is 1. The molecule has 0 aromatic heterocycles. The van der Waals surface area contributed by atoms with Crippen molar-refractivity contribution in [3.05, 3.63) is 29.8 Å². The minimum absolute atomic E-state index is 0.212. The first kappa shape index (κ1) is 13.4. The number of nitrogens with one attached hydrogen (secondary N) is 1. The summed E-state index contributed by atoms with van der Waals surface area (Å²) in [7, 11) is 0. The number of fused-ring (bicyclic) bond motifs is 1. The van der Waals surface area contributed by atoms with Gasteiger partial charge in [0.2, 0.25) is 5.91 Å². The quantitative estimate of drug-likeness (QED) is 0.877. The van der Waals surface area contributed by atoms with E-state index >= 15 is 0 Å². The molecule has 3 N–H and O–H groups in total. The predicted octanol–water partition coefficient (Wildman–Crippen LogP) is 2.32. The maximum absolute atomic E-state index is 11.5. The molecule has 18 heavy (non-hydrogen) atoms. The van der Waals surface area contributed by atoms with Gasteiger partial charge < -0.3 is 5.73 Å². The van der Waals surface area contributed by atoms with Gasteiger partial charge >= 0.3 is 0 Å². The lowest BCUT2D eigenvalue weighted by molar-refractivity contribution is -0.121. The van der Waals surface area contributed by atoms with Gasteiger partial charge in [-0.2, -0.15) is 0 Å². The highest BCUT2D eigenvalue weighted by Crippen LogP contribution is 2.36. The largest absolute Gasteiger partial charge is 0.368 e. The Morgan fingerprint density at radius 2 is 2.17 bits per heavy atom. The first-order chi connectivity index (χ1) is 8.59. The van der Waals surface area contributed by atoms with Crippen LogP contribution in [0.3, 0.4) is 0 Å². The fourth-order valence-corrected chi connectivity index (χ4v) is 3.46. The van der Waals surface area contributed by atoms with Crippen LogP contribution in [0.2, 0.25) is 0 Å². The van der Waals surface area contributed by atoms with Gasteiger partial charge in [-0.15, -0.1) is 11.8 Å². The second kappa shape index (κ2) is 5.76. The number of benzene rings is 1. The number of nitrogens with two attached hydrogens (primary N) is 1. The van der Waals surface area contributed by atoms with E-state index in [4.69, 9.17) is 5.73 Å². The van der Waals surface area contributed by atoms with Crippen LogP contribution in [0.5, 0.6) is 0 Å². The van der Waals surface area contributed by atoms with Crippen molar-refractivity contribution < 1.29 is 4.79 Å². The predicted molar refractivity (Wildman–Crippen MR) is 75.5 cm³/mol. The van der Waals surface area contributed by atoms with Crippen LogP contribution in [0.1, 0.15) is 31.9 Å². The van der Waals surface area contributed by atoms with E-state index in [1.165, 1.54) is 10.5 Å². The molecule has 3 nitrogen and oxygen atoms in total. The fraction of sp³-hybridized carbons (Fsp3) is 0.500. The normalized spacial score (nSPS) is 20.5. The third-order valence-corrected chi connectivity index (χ3v) is 4.44. The van der Waals surface area contributed by atoms with E-state index in [9.17, 15) is 4.79 Å². The Bertz CT molecular complexity index is 434. The molecule has 98 valence electrons. The van der Waals surface area contributed by atoms with Crippen molar-refractivity contribution >= 4 is 17.7 Å². The standard InChI is InChI=1S/C14H20N2OS/c1-9(2)13(14(15)17)16-11-7-8-18-12-6-4-3-5-10(11)12/h3-6,9,11,13,16H,7-8H2,1-2H3,(H2,15,17). The lowest BCUT2D eigenvalue weighted by Gasteiger charge is -2.30. The summed E-state index contributed by atoms with van der Waals surface area (Å²) >= 11 is 1.88. The Labute approximate surface area is 113 Å². The van der Waals surface area contributed by atoms with Gasteiger partial charge in [-0.3, -0.25) is 10.1 Å². The van der Waals surface area contributed by atoms with Crippen molar-refractivity contribution in [1.82, 2.24) is 5.32 Å². The molecule has 0 bridgehead atoms. The van der Waals surface area contributed by atoms with Gasteiger partial charge in [-0.25, -0.2) is 0 Å². The molecule has 0 aliphatic carbocycles. The van der Waals surface area contributed by atoms with Crippen molar-refractivity contribution in [2.75, 3.05) is 5.75 Å². The van der Waals surface area contributed by atoms with Crippen LogP contribution < -0.4 is 11.1 Å². The number of rotatable bonds is 4. The van der Waals surface area contributed by atoms with Crippen molar-refractivity contribution in [3.63, 3.8) is 0 Å². The highest BCUT2D eigenvalue weighted by Gasteiger charge is 2.26. The van der Waals surface area contributed by atoms with Gasteiger partial charge in [0.25, 0.3) is 0 Å². The smallest absolute Gasteiger partial charge is 0.234 e. The lowest BCUT2D eigenvalue weighted by Crippen LogP contribution is -2.47. The monoisotopic (exact) mass is 264 g/mol. The van der Waals surface area contributed by atoms with Gasteiger partial charge in [-0.05, 0) is 29.7 Å². The Kier molecular flexibility index (Phi) is 4.30. The molecule has 1 aromatic rings. The van der Waals surface area contributed by atoms with E-state index < -0.39 is 0 Å². The molecule has 2 atom stereocenters. The number of hydrogen-bond acceptors (Lipinski definition) is 3. The summed E-state index contributed by atoms with van der Waals surface area (Å²) in [6.07, 6.45) is 1.04. The molecule has 0 fully saturated rings. The molecule has 4 heteroatoms. The SMILES string of the molecule is CC(C)C(NC1CCSc2ccccc21)C(N)=O. The Morgan fingerprint density at radius 1 is 1.44 bits per heavy atom. The molecule has 0 saturated heterocycles. The Balaban J connectivity index is 2.18. The summed E-state index contributed by atoms with van der Waals surface area (Å²) in [5, 5.41) is 3.42. The molecule has 1 aromatic carbocycles. The summed E-state index contributed by atoms with van der Waals surface area (Å²) in [6.45, 7) is 4.04. The average molecular weight is 264 g/mol. The fourth-order valence-electron chi connectivity index (χ4n) is 2.34. The molecule has 1 aliphatic rings. The zero-order valence-electron chi connectivity index (χ0n) is 10.8. The lowest BCUT2D eigenvalue weighted by atomic mass is 9.98. The van der Waals surface area contributed by atoms with Crippen LogP contribution in [-0.2, 0) is 4.79 Å². The van der Waals surface area contributed by atoms with Gasteiger partial charge in [0.1, 0.15) is 0 Å². The number of carbonyl (C=O) groups is 1. The Morgan fingerprint density at radius 3 is 2.83 bits per heavy atom. The second-order valence-electron chi connectivity index (χ2n) is 5.02. The van der Waals surface area contributed by atoms with Crippen LogP contribution >= 0.6 is 11.8 Å². The van der Waals surface area contributed by atoms with Crippen LogP contribution in [0, 0.1) is 5.92 Å². The molecule has 1 heterocycles. The van der Waals surface area contributed by atoms with Gasteiger partial charge in [0.05, 0.1) is 6.04 Å². The van der Waals surface area contributed by atoms with E-state index in [1.807, 2.05) is 31.7 Å². The van der Waals surface area contributed by atoms with Crippen molar-refractivity contribution in [2.45, 2.75) is 37.2 Å².